The van der Waals surface area contributed by atoms with Crippen molar-refractivity contribution < 1.29 is 4.74 Å². The molecule has 0 aliphatic carbocycles. The number of fused-ring (bicyclic) bond motifs is 3. The van der Waals surface area contributed by atoms with Crippen LogP contribution in [-0.2, 0) is 4.74 Å². The predicted octanol–water partition coefficient (Wildman–Crippen LogP) is 6.34. The molecule has 0 aliphatic rings. The van der Waals surface area contributed by atoms with Crippen LogP contribution >= 0.6 is 11.3 Å². The summed E-state index contributed by atoms with van der Waals surface area (Å²) in [6.45, 7) is 0. The SMILES string of the molecule is COC=Cc1ccccc1-c1cccc2c1sc1ccccc12. The first-order valence-corrected chi connectivity index (χ1v) is 8.39. The Morgan fingerprint density at radius 1 is 0.783 bits per heavy atom. The van der Waals surface area contributed by atoms with Gasteiger partial charge in [-0.25, -0.2) is 0 Å². The quantitative estimate of drug-likeness (QED) is 0.401. The van der Waals surface area contributed by atoms with E-state index < -0.39 is 0 Å². The number of methoxy groups -OCH3 is 1. The Balaban J connectivity index is 2.02. The van der Waals surface area contributed by atoms with Crippen molar-refractivity contribution in [1.82, 2.24) is 0 Å². The fraction of sp³-hybridized carbons (Fsp3) is 0.0476. The number of hydrogen-bond donors (Lipinski definition) is 0. The summed E-state index contributed by atoms with van der Waals surface area (Å²) in [5, 5.41) is 2.66. The van der Waals surface area contributed by atoms with Gasteiger partial charge in [0.1, 0.15) is 0 Å². The third-order valence-electron chi connectivity index (χ3n) is 4.04. The second-order valence-electron chi connectivity index (χ2n) is 5.41. The third-order valence-corrected chi connectivity index (χ3v) is 5.26. The van der Waals surface area contributed by atoms with Gasteiger partial charge in [0.2, 0.25) is 0 Å². The molecular formula is C21H16OS. The maximum absolute atomic E-state index is 5.09. The number of rotatable bonds is 3. The summed E-state index contributed by atoms with van der Waals surface area (Å²) in [5.41, 5.74) is 3.68. The Morgan fingerprint density at radius 3 is 2.43 bits per heavy atom. The molecule has 1 heterocycles. The number of thiophene rings is 1. The second kappa shape index (κ2) is 5.90. The molecule has 0 radical (unpaired) electrons. The van der Waals surface area contributed by atoms with Crippen LogP contribution in [0.4, 0.5) is 0 Å². The van der Waals surface area contributed by atoms with Gasteiger partial charge in [-0.15, -0.1) is 11.3 Å². The lowest BCUT2D eigenvalue weighted by Gasteiger charge is -2.07. The van der Waals surface area contributed by atoms with Gasteiger partial charge in [0.15, 0.2) is 0 Å². The molecule has 0 atom stereocenters. The number of ether oxygens (including phenoxy) is 1. The van der Waals surface area contributed by atoms with Gasteiger partial charge in [0.05, 0.1) is 13.4 Å². The molecule has 0 aliphatic heterocycles. The van der Waals surface area contributed by atoms with E-state index in [2.05, 4.69) is 66.7 Å². The molecule has 4 aromatic rings. The Labute approximate surface area is 139 Å². The maximum atomic E-state index is 5.09. The van der Waals surface area contributed by atoms with E-state index in [1.165, 1.54) is 36.9 Å². The lowest BCUT2D eigenvalue weighted by Crippen LogP contribution is -1.83. The minimum Gasteiger partial charge on any atom is -0.504 e. The van der Waals surface area contributed by atoms with E-state index in [-0.39, 0.29) is 0 Å². The first-order valence-electron chi connectivity index (χ1n) is 7.57. The summed E-state index contributed by atoms with van der Waals surface area (Å²) in [6, 6.07) is 23.6. The van der Waals surface area contributed by atoms with Crippen molar-refractivity contribution in [3.05, 3.63) is 78.6 Å². The molecule has 3 aromatic carbocycles. The van der Waals surface area contributed by atoms with E-state index in [9.17, 15) is 0 Å². The molecule has 2 heteroatoms. The summed E-state index contributed by atoms with van der Waals surface area (Å²) < 4.78 is 7.77. The van der Waals surface area contributed by atoms with Crippen molar-refractivity contribution in [2.45, 2.75) is 0 Å². The zero-order chi connectivity index (χ0) is 15.6. The van der Waals surface area contributed by atoms with Crippen molar-refractivity contribution in [3.8, 4) is 11.1 Å². The highest BCUT2D eigenvalue weighted by Gasteiger charge is 2.11. The first-order chi connectivity index (χ1) is 11.4. The lowest BCUT2D eigenvalue weighted by atomic mass is 9.98. The molecule has 0 saturated heterocycles. The molecule has 4 rings (SSSR count). The van der Waals surface area contributed by atoms with E-state index in [1.807, 2.05) is 17.4 Å². The van der Waals surface area contributed by atoms with Crippen molar-refractivity contribution in [1.29, 1.82) is 0 Å². The average Bonchev–Trinajstić information content (AvgIpc) is 2.99. The van der Waals surface area contributed by atoms with Crippen LogP contribution < -0.4 is 0 Å². The highest BCUT2D eigenvalue weighted by molar-refractivity contribution is 7.26. The summed E-state index contributed by atoms with van der Waals surface area (Å²) in [4.78, 5) is 0. The fourth-order valence-corrected chi connectivity index (χ4v) is 4.22. The molecule has 23 heavy (non-hydrogen) atoms. The lowest BCUT2D eigenvalue weighted by molar-refractivity contribution is 0.341. The van der Waals surface area contributed by atoms with Gasteiger partial charge in [0.25, 0.3) is 0 Å². The molecule has 0 saturated carbocycles. The van der Waals surface area contributed by atoms with Gasteiger partial charge in [-0.1, -0.05) is 60.7 Å². The highest BCUT2D eigenvalue weighted by atomic mass is 32.1. The van der Waals surface area contributed by atoms with E-state index in [4.69, 9.17) is 4.74 Å². The van der Waals surface area contributed by atoms with Gasteiger partial charge >= 0.3 is 0 Å². The van der Waals surface area contributed by atoms with Gasteiger partial charge in [-0.3, -0.25) is 0 Å². The fourth-order valence-electron chi connectivity index (χ4n) is 2.99. The second-order valence-corrected chi connectivity index (χ2v) is 6.46. The van der Waals surface area contributed by atoms with E-state index in [0.29, 0.717) is 0 Å². The van der Waals surface area contributed by atoms with Crippen LogP contribution in [0.15, 0.2) is 73.0 Å². The van der Waals surface area contributed by atoms with Crippen molar-refractivity contribution in [2.75, 3.05) is 7.11 Å². The Morgan fingerprint density at radius 2 is 1.52 bits per heavy atom. The zero-order valence-corrected chi connectivity index (χ0v) is 13.6. The molecule has 0 N–H and O–H groups in total. The molecule has 0 amide bonds. The van der Waals surface area contributed by atoms with Crippen LogP contribution in [0.3, 0.4) is 0 Å². The largest absolute Gasteiger partial charge is 0.504 e. The van der Waals surface area contributed by atoms with Crippen LogP contribution in [0, 0.1) is 0 Å². The first kappa shape index (κ1) is 14.0. The molecule has 1 aromatic heterocycles. The van der Waals surface area contributed by atoms with E-state index in [0.717, 1.165) is 0 Å². The van der Waals surface area contributed by atoms with E-state index >= 15 is 0 Å². The Bertz CT molecular complexity index is 1010. The maximum Gasteiger partial charge on any atom is 0.0830 e. The molecule has 0 unspecified atom stereocenters. The van der Waals surface area contributed by atoms with Crippen LogP contribution in [0.1, 0.15) is 5.56 Å². The number of hydrogen-bond acceptors (Lipinski definition) is 2. The van der Waals surface area contributed by atoms with Gasteiger partial charge < -0.3 is 4.74 Å². The predicted molar refractivity (Wildman–Crippen MR) is 101 cm³/mol. The Kier molecular flexibility index (Phi) is 3.60. The normalized spacial score (nSPS) is 11.5. The minimum atomic E-state index is 1.17. The van der Waals surface area contributed by atoms with Crippen molar-refractivity contribution in [3.63, 3.8) is 0 Å². The van der Waals surface area contributed by atoms with Crippen LogP contribution in [0.5, 0.6) is 0 Å². The monoisotopic (exact) mass is 316 g/mol. The molecule has 0 spiro atoms. The summed E-state index contributed by atoms with van der Waals surface area (Å²) >= 11 is 1.86. The summed E-state index contributed by atoms with van der Waals surface area (Å²) in [7, 11) is 1.67. The smallest absolute Gasteiger partial charge is 0.0830 e. The molecular weight excluding hydrogens is 300 g/mol. The van der Waals surface area contributed by atoms with Crippen LogP contribution in [0.2, 0.25) is 0 Å². The van der Waals surface area contributed by atoms with Gasteiger partial charge in [0, 0.05) is 25.7 Å². The van der Waals surface area contributed by atoms with Crippen LogP contribution in [0.25, 0.3) is 37.4 Å². The van der Waals surface area contributed by atoms with E-state index in [1.54, 1.807) is 13.4 Å². The topological polar surface area (TPSA) is 9.23 Å². The van der Waals surface area contributed by atoms with Crippen LogP contribution in [-0.4, -0.2) is 7.11 Å². The molecule has 112 valence electrons. The van der Waals surface area contributed by atoms with Gasteiger partial charge in [-0.05, 0) is 23.3 Å². The molecule has 0 fully saturated rings. The third kappa shape index (κ3) is 2.41. The van der Waals surface area contributed by atoms with Crippen molar-refractivity contribution in [2.24, 2.45) is 0 Å². The molecule has 1 nitrogen and oxygen atoms in total. The Hall–Kier alpha value is -2.58. The average molecular weight is 316 g/mol. The van der Waals surface area contributed by atoms with Gasteiger partial charge in [-0.2, -0.15) is 0 Å². The van der Waals surface area contributed by atoms with Crippen molar-refractivity contribution >= 4 is 37.6 Å². The number of benzene rings is 3. The minimum absolute atomic E-state index is 1.17. The standard InChI is InChI=1S/C21H16OS/c1-22-14-13-15-7-2-3-8-16(15)18-10-6-11-19-17-9-4-5-12-20(17)23-21(18)19/h2-14H,1H3. The molecule has 0 bridgehead atoms. The zero-order valence-electron chi connectivity index (χ0n) is 12.8. The highest BCUT2D eigenvalue weighted by Crippen LogP contribution is 2.40. The summed E-state index contributed by atoms with van der Waals surface area (Å²) in [5.74, 6) is 0. The summed E-state index contributed by atoms with van der Waals surface area (Å²) in [6.07, 6.45) is 3.74.